The highest BCUT2D eigenvalue weighted by molar-refractivity contribution is 5.65. The molecule has 0 aromatic heterocycles. The van der Waals surface area contributed by atoms with Crippen LogP contribution in [0.4, 0.5) is 0 Å². The van der Waals surface area contributed by atoms with Crippen molar-refractivity contribution in [3.05, 3.63) is 0 Å². The number of unbranched alkanes of at least 4 members (excludes halogenated alkanes) is 7. The van der Waals surface area contributed by atoms with Gasteiger partial charge in [0.1, 0.15) is 0 Å². The summed E-state index contributed by atoms with van der Waals surface area (Å²) in [5.41, 5.74) is 0. The van der Waals surface area contributed by atoms with Crippen LogP contribution in [0.25, 0.3) is 0 Å². The first-order chi connectivity index (χ1) is 9.70. The largest absolute Gasteiger partial charge is 0.466 e. The minimum atomic E-state index is -0.166. The molecule has 1 atom stereocenters. The maximum absolute atomic E-state index is 10.6. The number of carbonyl (C=O) groups is 1. The van der Waals surface area contributed by atoms with E-state index in [1.165, 1.54) is 71.1 Å². The predicted octanol–water partition coefficient (Wildman–Crippen LogP) is 4.88. The predicted molar refractivity (Wildman–Crippen MR) is 83.9 cm³/mol. The summed E-state index contributed by atoms with van der Waals surface area (Å²) in [5.74, 6) is -0.166. The van der Waals surface area contributed by atoms with Crippen molar-refractivity contribution < 1.29 is 14.3 Å². The highest BCUT2D eigenvalue weighted by atomic mass is 16.5. The Bertz CT molecular complexity index is 216. The van der Waals surface area contributed by atoms with Gasteiger partial charge >= 0.3 is 5.97 Å². The zero-order chi connectivity index (χ0) is 15.1. The molecule has 0 saturated heterocycles. The summed E-state index contributed by atoms with van der Waals surface area (Å²) in [5, 5.41) is 0. The summed E-state index contributed by atoms with van der Waals surface area (Å²) in [6.45, 7) is 4.28. The number of carbonyl (C=O) groups excluding carboxylic acids is 1. The number of rotatable bonds is 14. The number of ether oxygens (including phenoxy) is 2. The molecule has 0 radical (unpaired) electrons. The first-order valence-electron chi connectivity index (χ1n) is 8.36. The molecule has 3 nitrogen and oxygen atoms in total. The molecule has 120 valence electrons. The molecule has 0 saturated carbocycles. The standard InChI is InChI=1S/C17H34O3/c1-4-5-13-17(19-3)14-11-9-7-6-8-10-12-15-20-16(2)18/h17H,4-15H2,1-3H3. The molecule has 1 unspecified atom stereocenters. The van der Waals surface area contributed by atoms with Crippen LogP contribution in [0.3, 0.4) is 0 Å². The molecule has 0 aromatic rings. The number of hydrogen-bond donors (Lipinski definition) is 0. The van der Waals surface area contributed by atoms with Gasteiger partial charge in [-0.1, -0.05) is 58.3 Å². The van der Waals surface area contributed by atoms with Crippen LogP contribution in [-0.4, -0.2) is 25.8 Å². The van der Waals surface area contributed by atoms with E-state index in [2.05, 4.69) is 6.92 Å². The van der Waals surface area contributed by atoms with E-state index >= 15 is 0 Å². The Kier molecular flexibility index (Phi) is 14.4. The summed E-state index contributed by atoms with van der Waals surface area (Å²) in [6, 6.07) is 0. The van der Waals surface area contributed by atoms with Gasteiger partial charge in [-0.15, -0.1) is 0 Å². The van der Waals surface area contributed by atoms with Crippen molar-refractivity contribution in [1.29, 1.82) is 0 Å². The smallest absolute Gasteiger partial charge is 0.302 e. The Morgan fingerprint density at radius 2 is 1.45 bits per heavy atom. The highest BCUT2D eigenvalue weighted by Crippen LogP contribution is 2.14. The van der Waals surface area contributed by atoms with E-state index in [9.17, 15) is 4.79 Å². The molecule has 0 aliphatic heterocycles. The van der Waals surface area contributed by atoms with E-state index in [0.717, 1.165) is 6.42 Å². The fourth-order valence-corrected chi connectivity index (χ4v) is 2.39. The summed E-state index contributed by atoms with van der Waals surface area (Å²) in [6.07, 6.45) is 14.1. The first-order valence-corrected chi connectivity index (χ1v) is 8.36. The van der Waals surface area contributed by atoms with Gasteiger partial charge in [-0.3, -0.25) is 4.79 Å². The molecule has 0 aliphatic rings. The van der Waals surface area contributed by atoms with Crippen molar-refractivity contribution in [1.82, 2.24) is 0 Å². The molecule has 0 bridgehead atoms. The molecule has 0 fully saturated rings. The molecular formula is C17H34O3. The molecule has 20 heavy (non-hydrogen) atoms. The van der Waals surface area contributed by atoms with Crippen LogP contribution in [0.5, 0.6) is 0 Å². The third kappa shape index (κ3) is 13.9. The first kappa shape index (κ1) is 19.4. The van der Waals surface area contributed by atoms with E-state index < -0.39 is 0 Å². The van der Waals surface area contributed by atoms with E-state index in [1.807, 2.05) is 7.11 Å². The van der Waals surface area contributed by atoms with Gasteiger partial charge < -0.3 is 9.47 Å². The lowest BCUT2D eigenvalue weighted by atomic mass is 10.0. The quantitative estimate of drug-likeness (QED) is 0.337. The summed E-state index contributed by atoms with van der Waals surface area (Å²) in [4.78, 5) is 10.6. The summed E-state index contributed by atoms with van der Waals surface area (Å²) >= 11 is 0. The average molecular weight is 286 g/mol. The van der Waals surface area contributed by atoms with E-state index in [0.29, 0.717) is 12.7 Å². The van der Waals surface area contributed by atoms with Crippen LogP contribution in [0.15, 0.2) is 0 Å². The molecule has 0 spiro atoms. The zero-order valence-corrected chi connectivity index (χ0v) is 13.8. The number of esters is 1. The van der Waals surface area contributed by atoms with Crippen LogP contribution in [-0.2, 0) is 14.3 Å². The third-order valence-corrected chi connectivity index (χ3v) is 3.69. The molecule has 3 heteroatoms. The fraction of sp³-hybridized carbons (Fsp3) is 0.941. The van der Waals surface area contributed by atoms with Crippen molar-refractivity contribution in [2.75, 3.05) is 13.7 Å². The van der Waals surface area contributed by atoms with Crippen LogP contribution >= 0.6 is 0 Å². The zero-order valence-electron chi connectivity index (χ0n) is 13.8. The molecule has 0 rings (SSSR count). The molecule has 0 amide bonds. The summed E-state index contributed by atoms with van der Waals surface area (Å²) in [7, 11) is 1.84. The minimum absolute atomic E-state index is 0.166. The van der Waals surface area contributed by atoms with Gasteiger partial charge in [-0.25, -0.2) is 0 Å². The lowest BCUT2D eigenvalue weighted by molar-refractivity contribution is -0.141. The Labute approximate surface area is 125 Å². The van der Waals surface area contributed by atoms with Gasteiger partial charge in [-0.2, -0.15) is 0 Å². The third-order valence-electron chi connectivity index (χ3n) is 3.69. The minimum Gasteiger partial charge on any atom is -0.466 e. The molecule has 0 aromatic carbocycles. The Morgan fingerprint density at radius 3 is 2.00 bits per heavy atom. The van der Waals surface area contributed by atoms with Crippen LogP contribution < -0.4 is 0 Å². The van der Waals surface area contributed by atoms with Crippen molar-refractivity contribution in [3.8, 4) is 0 Å². The van der Waals surface area contributed by atoms with Crippen molar-refractivity contribution in [2.45, 2.75) is 90.6 Å². The van der Waals surface area contributed by atoms with Gasteiger partial charge in [0.05, 0.1) is 12.7 Å². The van der Waals surface area contributed by atoms with Crippen molar-refractivity contribution in [3.63, 3.8) is 0 Å². The second-order valence-corrected chi connectivity index (χ2v) is 5.60. The highest BCUT2D eigenvalue weighted by Gasteiger charge is 2.05. The Balaban J connectivity index is 3.20. The molecule has 0 aliphatic carbocycles. The Hall–Kier alpha value is -0.570. The Morgan fingerprint density at radius 1 is 0.900 bits per heavy atom. The summed E-state index contributed by atoms with van der Waals surface area (Å²) < 4.78 is 10.4. The van der Waals surface area contributed by atoms with E-state index in [-0.39, 0.29) is 5.97 Å². The molecular weight excluding hydrogens is 252 g/mol. The van der Waals surface area contributed by atoms with Crippen LogP contribution in [0, 0.1) is 0 Å². The maximum atomic E-state index is 10.6. The van der Waals surface area contributed by atoms with Gasteiger partial charge in [0.25, 0.3) is 0 Å². The SMILES string of the molecule is CCCCC(CCCCCCCCCOC(C)=O)OC. The van der Waals surface area contributed by atoms with Crippen molar-refractivity contribution in [2.24, 2.45) is 0 Å². The van der Waals surface area contributed by atoms with Crippen LogP contribution in [0.2, 0.25) is 0 Å². The van der Waals surface area contributed by atoms with Gasteiger partial charge in [0, 0.05) is 14.0 Å². The van der Waals surface area contributed by atoms with Crippen LogP contribution in [0.1, 0.15) is 84.5 Å². The maximum Gasteiger partial charge on any atom is 0.302 e. The fourth-order valence-electron chi connectivity index (χ4n) is 2.39. The average Bonchev–Trinajstić information content (AvgIpc) is 2.43. The van der Waals surface area contributed by atoms with Gasteiger partial charge in [0.2, 0.25) is 0 Å². The lowest BCUT2D eigenvalue weighted by Gasteiger charge is -2.14. The lowest BCUT2D eigenvalue weighted by Crippen LogP contribution is -2.09. The molecule has 0 N–H and O–H groups in total. The second kappa shape index (κ2) is 14.8. The second-order valence-electron chi connectivity index (χ2n) is 5.60. The number of hydrogen-bond acceptors (Lipinski definition) is 3. The molecule has 0 heterocycles. The normalized spacial score (nSPS) is 12.3. The van der Waals surface area contributed by atoms with E-state index in [4.69, 9.17) is 9.47 Å². The number of methoxy groups -OCH3 is 1. The van der Waals surface area contributed by atoms with E-state index in [1.54, 1.807) is 0 Å². The monoisotopic (exact) mass is 286 g/mol. The van der Waals surface area contributed by atoms with Gasteiger partial charge in [0.15, 0.2) is 0 Å². The topological polar surface area (TPSA) is 35.5 Å². The van der Waals surface area contributed by atoms with Crippen molar-refractivity contribution >= 4 is 5.97 Å². The van der Waals surface area contributed by atoms with Gasteiger partial charge in [-0.05, 0) is 19.3 Å².